The van der Waals surface area contributed by atoms with E-state index < -0.39 is 0 Å². The van der Waals surface area contributed by atoms with Gasteiger partial charge in [0.05, 0.1) is 10.6 Å². The van der Waals surface area contributed by atoms with Gasteiger partial charge in [0.2, 0.25) is 5.89 Å². The molecule has 28 heavy (non-hydrogen) atoms. The van der Waals surface area contributed by atoms with Gasteiger partial charge in [-0.2, -0.15) is 0 Å². The summed E-state index contributed by atoms with van der Waals surface area (Å²) < 4.78 is 6.76. The van der Waals surface area contributed by atoms with Crippen molar-refractivity contribution < 1.29 is 9.21 Å². The number of amides is 1. The first-order chi connectivity index (χ1) is 13.4. The van der Waals surface area contributed by atoms with E-state index in [1.165, 1.54) is 0 Å². The summed E-state index contributed by atoms with van der Waals surface area (Å²) in [6.45, 7) is 1.92. The molecule has 0 aliphatic rings. The van der Waals surface area contributed by atoms with Crippen molar-refractivity contribution in [1.82, 2.24) is 4.98 Å². The lowest BCUT2D eigenvalue weighted by Crippen LogP contribution is -2.13. The maximum absolute atomic E-state index is 12.7. The van der Waals surface area contributed by atoms with Gasteiger partial charge in [-0.1, -0.05) is 29.3 Å². The van der Waals surface area contributed by atoms with Gasteiger partial charge in [-0.25, -0.2) is 4.98 Å². The van der Waals surface area contributed by atoms with Gasteiger partial charge >= 0.3 is 0 Å². The van der Waals surface area contributed by atoms with Crippen LogP contribution in [0.25, 0.3) is 22.6 Å². The SMILES string of the molecule is Cc1ccc(-c2nc3cc(Cl)ccc3o2)cc1NC(=O)c1cc(I)ccc1Cl. The molecule has 1 aromatic heterocycles. The molecule has 4 nitrogen and oxygen atoms in total. The van der Waals surface area contributed by atoms with Crippen LogP contribution in [-0.4, -0.2) is 10.9 Å². The molecule has 0 aliphatic heterocycles. The van der Waals surface area contributed by atoms with Crippen molar-refractivity contribution in [3.8, 4) is 11.5 Å². The zero-order valence-electron chi connectivity index (χ0n) is 14.6. The summed E-state index contributed by atoms with van der Waals surface area (Å²) in [4.78, 5) is 17.2. The fourth-order valence-corrected chi connectivity index (χ4v) is 3.64. The van der Waals surface area contributed by atoms with Gasteiger partial charge in [-0.15, -0.1) is 0 Å². The lowest BCUT2D eigenvalue weighted by atomic mass is 10.1. The van der Waals surface area contributed by atoms with E-state index in [1.54, 1.807) is 30.3 Å². The van der Waals surface area contributed by atoms with Crippen molar-refractivity contribution >= 4 is 68.5 Å². The number of oxazole rings is 1. The number of benzene rings is 3. The summed E-state index contributed by atoms with van der Waals surface area (Å²) >= 11 is 14.3. The molecule has 0 aliphatic carbocycles. The number of nitrogens with zero attached hydrogens (tertiary/aromatic N) is 1. The van der Waals surface area contributed by atoms with E-state index in [-0.39, 0.29) is 5.91 Å². The molecule has 0 saturated heterocycles. The topological polar surface area (TPSA) is 55.1 Å². The molecule has 1 N–H and O–H groups in total. The predicted molar refractivity (Wildman–Crippen MR) is 121 cm³/mol. The highest BCUT2D eigenvalue weighted by molar-refractivity contribution is 14.1. The number of fused-ring (bicyclic) bond motifs is 1. The van der Waals surface area contributed by atoms with Gasteiger partial charge in [-0.3, -0.25) is 4.79 Å². The third kappa shape index (κ3) is 3.87. The Morgan fingerprint density at radius 1 is 1.07 bits per heavy atom. The summed E-state index contributed by atoms with van der Waals surface area (Å²) in [7, 11) is 0. The molecular weight excluding hydrogens is 510 g/mol. The molecule has 7 heteroatoms. The van der Waals surface area contributed by atoms with Crippen molar-refractivity contribution in [1.29, 1.82) is 0 Å². The largest absolute Gasteiger partial charge is 0.436 e. The first kappa shape index (κ1) is 19.2. The van der Waals surface area contributed by atoms with Crippen LogP contribution in [-0.2, 0) is 0 Å². The molecule has 1 amide bonds. The molecule has 0 saturated carbocycles. The van der Waals surface area contributed by atoms with Crippen molar-refractivity contribution in [2.75, 3.05) is 5.32 Å². The molecule has 0 unspecified atom stereocenters. The number of hydrogen-bond acceptors (Lipinski definition) is 3. The van der Waals surface area contributed by atoms with Crippen LogP contribution in [0.4, 0.5) is 5.69 Å². The van der Waals surface area contributed by atoms with Crippen LogP contribution in [0.15, 0.2) is 59.0 Å². The number of anilines is 1. The number of aromatic nitrogens is 1. The smallest absolute Gasteiger partial charge is 0.257 e. The molecule has 0 fully saturated rings. The Bertz CT molecular complexity index is 1220. The van der Waals surface area contributed by atoms with E-state index in [1.807, 2.05) is 31.2 Å². The molecule has 1 heterocycles. The summed E-state index contributed by atoms with van der Waals surface area (Å²) in [6.07, 6.45) is 0. The van der Waals surface area contributed by atoms with Gasteiger partial charge in [0.1, 0.15) is 5.52 Å². The average Bonchev–Trinajstić information content (AvgIpc) is 3.08. The highest BCUT2D eigenvalue weighted by atomic mass is 127. The van der Waals surface area contributed by atoms with Crippen LogP contribution in [0.5, 0.6) is 0 Å². The number of carbonyl (C=O) groups is 1. The fraction of sp³-hybridized carbons (Fsp3) is 0.0476. The molecule has 0 bridgehead atoms. The quantitative estimate of drug-likeness (QED) is 0.296. The normalized spacial score (nSPS) is 11.0. The monoisotopic (exact) mass is 522 g/mol. The van der Waals surface area contributed by atoms with Crippen LogP contribution >= 0.6 is 45.8 Å². The minimum Gasteiger partial charge on any atom is -0.436 e. The second kappa shape index (κ2) is 7.73. The van der Waals surface area contributed by atoms with Crippen molar-refractivity contribution in [2.24, 2.45) is 0 Å². The summed E-state index contributed by atoms with van der Waals surface area (Å²) in [5.41, 5.74) is 4.09. The van der Waals surface area contributed by atoms with Crippen molar-refractivity contribution in [3.05, 3.63) is 79.3 Å². The number of carbonyl (C=O) groups excluding carboxylic acids is 1. The maximum Gasteiger partial charge on any atom is 0.257 e. The standard InChI is InChI=1S/C21H13Cl2IN2O2/c1-11-2-3-12(21-26-18-9-13(22)4-7-19(18)28-21)8-17(11)25-20(27)15-10-14(24)5-6-16(15)23/h2-10H,1H3,(H,25,27). The third-order valence-electron chi connectivity index (χ3n) is 4.26. The van der Waals surface area contributed by atoms with Gasteiger partial charge in [0, 0.05) is 19.8 Å². The first-order valence-electron chi connectivity index (χ1n) is 8.34. The number of nitrogens with one attached hydrogen (secondary N) is 1. The maximum atomic E-state index is 12.7. The average molecular weight is 523 g/mol. The fourth-order valence-electron chi connectivity index (χ4n) is 2.77. The summed E-state index contributed by atoms with van der Waals surface area (Å²) in [5.74, 6) is 0.188. The second-order valence-electron chi connectivity index (χ2n) is 6.24. The minimum absolute atomic E-state index is 0.270. The highest BCUT2D eigenvalue weighted by Crippen LogP contribution is 2.30. The molecule has 0 radical (unpaired) electrons. The van der Waals surface area contributed by atoms with Crippen LogP contribution in [0.1, 0.15) is 15.9 Å². The number of rotatable bonds is 3. The zero-order valence-corrected chi connectivity index (χ0v) is 18.3. The lowest BCUT2D eigenvalue weighted by molar-refractivity contribution is 0.102. The second-order valence-corrected chi connectivity index (χ2v) is 8.33. The van der Waals surface area contributed by atoms with E-state index in [2.05, 4.69) is 32.9 Å². The Hall–Kier alpha value is -2.09. The van der Waals surface area contributed by atoms with Gasteiger partial charge in [-0.05, 0) is 83.6 Å². The number of aryl methyl sites for hydroxylation is 1. The van der Waals surface area contributed by atoms with Crippen LogP contribution in [0.3, 0.4) is 0 Å². The van der Waals surface area contributed by atoms with Crippen LogP contribution in [0, 0.1) is 10.5 Å². The van der Waals surface area contributed by atoms with E-state index >= 15 is 0 Å². The molecule has 140 valence electrons. The first-order valence-corrected chi connectivity index (χ1v) is 10.2. The van der Waals surface area contributed by atoms with Gasteiger partial charge in [0.15, 0.2) is 5.58 Å². The predicted octanol–water partition coefficient (Wildman–Crippen LogP) is 6.97. The van der Waals surface area contributed by atoms with E-state index in [0.717, 1.165) is 14.7 Å². The number of halogens is 3. The van der Waals surface area contributed by atoms with Crippen molar-refractivity contribution in [3.63, 3.8) is 0 Å². The molecule has 4 aromatic rings. The Kier molecular flexibility index (Phi) is 5.31. The molecule has 0 atom stereocenters. The Labute approximate surface area is 185 Å². The molecule has 0 spiro atoms. The highest BCUT2D eigenvalue weighted by Gasteiger charge is 2.15. The molecule has 3 aromatic carbocycles. The van der Waals surface area contributed by atoms with E-state index in [4.69, 9.17) is 27.6 Å². The Morgan fingerprint density at radius 2 is 1.89 bits per heavy atom. The van der Waals surface area contributed by atoms with E-state index in [9.17, 15) is 4.79 Å². The van der Waals surface area contributed by atoms with Gasteiger partial charge < -0.3 is 9.73 Å². The van der Waals surface area contributed by atoms with Crippen LogP contribution < -0.4 is 5.32 Å². The lowest BCUT2D eigenvalue weighted by Gasteiger charge is -2.11. The van der Waals surface area contributed by atoms with Crippen molar-refractivity contribution in [2.45, 2.75) is 6.92 Å². The Morgan fingerprint density at radius 3 is 2.71 bits per heavy atom. The molecular formula is C21H13Cl2IN2O2. The minimum atomic E-state index is -0.270. The summed E-state index contributed by atoms with van der Waals surface area (Å²) in [5, 5.41) is 3.93. The zero-order chi connectivity index (χ0) is 19.8. The van der Waals surface area contributed by atoms with Crippen LogP contribution in [0.2, 0.25) is 10.0 Å². The molecule has 4 rings (SSSR count). The summed E-state index contributed by atoms with van der Waals surface area (Å²) in [6, 6.07) is 16.2. The van der Waals surface area contributed by atoms with E-state index in [0.29, 0.717) is 38.3 Å². The number of hydrogen-bond donors (Lipinski definition) is 1. The third-order valence-corrected chi connectivity index (χ3v) is 5.49. The Balaban J connectivity index is 1.68. The van der Waals surface area contributed by atoms with Gasteiger partial charge in [0.25, 0.3) is 5.91 Å².